The fourth-order valence-electron chi connectivity index (χ4n) is 7.40. The Kier molecular flexibility index (Phi) is 6.05. The highest BCUT2D eigenvalue weighted by atomic mass is 16.6. The van der Waals surface area contributed by atoms with Crippen LogP contribution in [0.3, 0.4) is 0 Å². The van der Waals surface area contributed by atoms with Crippen molar-refractivity contribution in [3.05, 3.63) is 178 Å². The van der Waals surface area contributed by atoms with Crippen LogP contribution in [0.15, 0.2) is 133 Å². The number of hydrogen-bond donors (Lipinski definition) is 0. The van der Waals surface area contributed by atoms with Crippen LogP contribution in [0, 0.1) is 13.8 Å². The van der Waals surface area contributed by atoms with Gasteiger partial charge >= 0.3 is 5.97 Å². The Morgan fingerprint density at radius 1 is 0.545 bits per heavy atom. The average Bonchev–Trinajstić information content (AvgIpc) is 3.63. The van der Waals surface area contributed by atoms with Crippen LogP contribution in [0.25, 0.3) is 21.8 Å². The van der Waals surface area contributed by atoms with Gasteiger partial charge in [-0.2, -0.15) is 0 Å². The summed E-state index contributed by atoms with van der Waals surface area (Å²) in [4.78, 5) is 13.9. The van der Waals surface area contributed by atoms with Gasteiger partial charge in [0, 0.05) is 63.0 Å². The first-order valence-electron chi connectivity index (χ1n) is 15.1. The van der Waals surface area contributed by atoms with Crippen molar-refractivity contribution in [2.75, 3.05) is 0 Å². The van der Waals surface area contributed by atoms with Gasteiger partial charge in [-0.05, 0) is 43.2 Å². The molecule has 4 heteroatoms. The van der Waals surface area contributed by atoms with E-state index in [1.807, 2.05) is 30.3 Å². The molecule has 7 aromatic rings. The highest BCUT2D eigenvalue weighted by Crippen LogP contribution is 2.54. The average molecular weight is 573 g/mol. The van der Waals surface area contributed by atoms with E-state index in [1.165, 1.54) is 11.1 Å². The Morgan fingerprint density at radius 3 is 1.50 bits per heavy atom. The largest absolute Gasteiger partial charge is 0.440 e. The second-order valence-electron chi connectivity index (χ2n) is 11.7. The highest BCUT2D eigenvalue weighted by molar-refractivity contribution is 6.01. The number of carbonyl (C=O) groups is 1. The van der Waals surface area contributed by atoms with Crippen LogP contribution < -0.4 is 0 Å². The lowest BCUT2D eigenvalue weighted by Gasteiger charge is -2.31. The van der Waals surface area contributed by atoms with Gasteiger partial charge in [0.1, 0.15) is 0 Å². The van der Waals surface area contributed by atoms with Gasteiger partial charge in [0.25, 0.3) is 0 Å². The van der Waals surface area contributed by atoms with Gasteiger partial charge in [-0.3, -0.25) is 0 Å². The lowest BCUT2D eigenvalue weighted by atomic mass is 9.77. The number of rotatable bonds is 6. The van der Waals surface area contributed by atoms with Crippen LogP contribution in [0.2, 0.25) is 0 Å². The van der Waals surface area contributed by atoms with E-state index < -0.39 is 5.60 Å². The van der Waals surface area contributed by atoms with Gasteiger partial charge in [0.15, 0.2) is 5.60 Å². The van der Waals surface area contributed by atoms with E-state index in [0.29, 0.717) is 18.7 Å². The van der Waals surface area contributed by atoms with Crippen LogP contribution in [-0.2, 0) is 23.4 Å². The number of ether oxygens (including phenoxy) is 1. The molecule has 0 saturated heterocycles. The summed E-state index contributed by atoms with van der Waals surface area (Å²) in [6.07, 6.45) is 0. The number of para-hydroxylation sites is 2. The summed E-state index contributed by atoms with van der Waals surface area (Å²) in [6.45, 7) is 5.78. The van der Waals surface area contributed by atoms with Crippen LogP contribution in [-0.4, -0.2) is 15.1 Å². The predicted octanol–water partition coefficient (Wildman–Crippen LogP) is 8.77. The van der Waals surface area contributed by atoms with Crippen molar-refractivity contribution in [3.63, 3.8) is 0 Å². The monoisotopic (exact) mass is 572 g/mol. The number of cyclic esters (lactones) is 1. The van der Waals surface area contributed by atoms with Crippen molar-refractivity contribution in [2.24, 2.45) is 0 Å². The van der Waals surface area contributed by atoms with Gasteiger partial charge in [-0.1, -0.05) is 115 Å². The number of aromatic nitrogens is 2. The van der Waals surface area contributed by atoms with Gasteiger partial charge in [-0.25, -0.2) is 4.79 Å². The number of carbonyl (C=O) groups excluding carboxylic acids is 1. The molecular formula is C40H32N2O2. The minimum Gasteiger partial charge on any atom is -0.440 e. The van der Waals surface area contributed by atoms with E-state index in [-0.39, 0.29) is 5.97 Å². The molecule has 0 N–H and O–H groups in total. The fraction of sp³-hybridized carbons (Fsp3) is 0.125. The van der Waals surface area contributed by atoms with E-state index in [4.69, 9.17) is 4.74 Å². The zero-order chi connectivity index (χ0) is 29.8. The van der Waals surface area contributed by atoms with Gasteiger partial charge < -0.3 is 13.9 Å². The lowest BCUT2D eigenvalue weighted by Crippen LogP contribution is -2.31. The van der Waals surface area contributed by atoms with Crippen molar-refractivity contribution in [1.29, 1.82) is 0 Å². The molecule has 2 aromatic heterocycles. The first-order valence-corrected chi connectivity index (χ1v) is 15.1. The molecular weight excluding hydrogens is 540 g/mol. The Bertz CT molecular complexity index is 2060. The van der Waals surface area contributed by atoms with E-state index in [9.17, 15) is 4.79 Å². The molecule has 1 aliphatic heterocycles. The summed E-state index contributed by atoms with van der Waals surface area (Å²) in [6, 6.07) is 46.0. The summed E-state index contributed by atoms with van der Waals surface area (Å²) in [5.41, 5.74) is 9.26. The van der Waals surface area contributed by atoms with Gasteiger partial charge in [0.2, 0.25) is 0 Å². The molecule has 0 radical (unpaired) electrons. The molecule has 1 aliphatic rings. The second kappa shape index (κ2) is 10.1. The standard InChI is InChI=1S/C40H32N2O2/c1-27-37(32-20-10-13-23-35(32)41(27)25-29-15-5-3-6-16-29)40(34-22-12-9-19-31(34)39(43)44-40)38-28(2)42(26-30-17-7-4-8-18-30)36-24-14-11-21-33(36)38/h3-24H,25-26H2,1-2H3. The molecule has 0 spiro atoms. The zero-order valence-electron chi connectivity index (χ0n) is 24.8. The number of fused-ring (bicyclic) bond motifs is 3. The van der Waals surface area contributed by atoms with Crippen molar-refractivity contribution in [3.8, 4) is 0 Å². The molecule has 3 heterocycles. The van der Waals surface area contributed by atoms with Crippen LogP contribution in [0.1, 0.15) is 49.6 Å². The molecule has 0 fully saturated rings. The summed E-state index contributed by atoms with van der Waals surface area (Å²) >= 11 is 0. The molecule has 5 aromatic carbocycles. The number of benzene rings is 5. The summed E-state index contributed by atoms with van der Waals surface area (Å²) in [7, 11) is 0. The third-order valence-electron chi connectivity index (χ3n) is 9.30. The first kappa shape index (κ1) is 26.3. The summed E-state index contributed by atoms with van der Waals surface area (Å²) < 4.78 is 11.6. The minimum atomic E-state index is -1.13. The first-order chi connectivity index (χ1) is 21.6. The maximum absolute atomic E-state index is 13.9. The fourth-order valence-corrected chi connectivity index (χ4v) is 7.40. The Balaban J connectivity index is 1.48. The highest BCUT2D eigenvalue weighted by Gasteiger charge is 2.53. The third-order valence-corrected chi connectivity index (χ3v) is 9.30. The van der Waals surface area contributed by atoms with Crippen LogP contribution >= 0.6 is 0 Å². The number of hydrogen-bond acceptors (Lipinski definition) is 2. The van der Waals surface area contributed by atoms with E-state index in [2.05, 4.69) is 126 Å². The molecule has 0 unspecified atom stereocenters. The Hall–Kier alpha value is -5.35. The molecule has 0 aliphatic carbocycles. The second-order valence-corrected chi connectivity index (χ2v) is 11.7. The summed E-state index contributed by atoms with van der Waals surface area (Å²) in [5.74, 6) is -0.292. The number of esters is 1. The van der Waals surface area contributed by atoms with Crippen molar-refractivity contribution >= 4 is 27.8 Å². The molecule has 4 nitrogen and oxygen atoms in total. The predicted molar refractivity (Wildman–Crippen MR) is 176 cm³/mol. The van der Waals surface area contributed by atoms with Gasteiger partial charge in [0.05, 0.1) is 5.56 Å². The van der Waals surface area contributed by atoms with Gasteiger partial charge in [-0.15, -0.1) is 0 Å². The number of nitrogens with zero attached hydrogens (tertiary/aromatic N) is 2. The van der Waals surface area contributed by atoms with Crippen molar-refractivity contribution in [1.82, 2.24) is 9.13 Å². The molecule has 44 heavy (non-hydrogen) atoms. The quantitative estimate of drug-likeness (QED) is 0.187. The summed E-state index contributed by atoms with van der Waals surface area (Å²) in [5, 5.41) is 2.18. The maximum atomic E-state index is 13.9. The van der Waals surface area contributed by atoms with E-state index in [1.54, 1.807) is 0 Å². The van der Waals surface area contributed by atoms with E-state index in [0.717, 1.165) is 49.9 Å². The smallest absolute Gasteiger partial charge is 0.340 e. The maximum Gasteiger partial charge on any atom is 0.340 e. The SMILES string of the molecule is Cc1c(C2(c3c(C)n(Cc4ccccc4)c4ccccc34)OC(=O)c3ccccc32)c2ccccc2n1Cc1ccccc1. The lowest BCUT2D eigenvalue weighted by molar-refractivity contribution is 0.0255. The van der Waals surface area contributed by atoms with E-state index >= 15 is 0 Å². The molecule has 8 rings (SSSR count). The zero-order valence-corrected chi connectivity index (χ0v) is 24.8. The molecule has 0 bridgehead atoms. The Morgan fingerprint density at radius 2 is 0.977 bits per heavy atom. The minimum absolute atomic E-state index is 0.292. The topological polar surface area (TPSA) is 36.2 Å². The van der Waals surface area contributed by atoms with Crippen LogP contribution in [0.5, 0.6) is 0 Å². The van der Waals surface area contributed by atoms with Crippen molar-refractivity contribution < 1.29 is 9.53 Å². The Labute approximate surface area is 256 Å². The molecule has 0 amide bonds. The molecule has 0 atom stereocenters. The molecule has 214 valence electrons. The van der Waals surface area contributed by atoms with Crippen molar-refractivity contribution in [2.45, 2.75) is 32.5 Å². The van der Waals surface area contributed by atoms with Crippen LogP contribution in [0.4, 0.5) is 0 Å². The normalized spacial score (nSPS) is 13.8. The third kappa shape index (κ3) is 3.80. The molecule has 0 saturated carbocycles.